The lowest BCUT2D eigenvalue weighted by Gasteiger charge is -2.29. The first-order valence-electron chi connectivity index (χ1n) is 9.60. The third-order valence-corrected chi connectivity index (χ3v) is 5.38. The summed E-state index contributed by atoms with van der Waals surface area (Å²) in [4.78, 5) is 46.2. The van der Waals surface area contributed by atoms with Crippen LogP contribution in [-0.2, 0) is 16.1 Å². The predicted molar refractivity (Wildman–Crippen MR) is 105 cm³/mol. The molecule has 1 fully saturated rings. The fourth-order valence-electron chi connectivity index (χ4n) is 3.76. The molecule has 3 amide bonds. The van der Waals surface area contributed by atoms with E-state index < -0.39 is 11.9 Å². The van der Waals surface area contributed by atoms with Crippen LogP contribution in [0.25, 0.3) is 16.9 Å². The predicted octanol–water partition coefficient (Wildman–Crippen LogP) is 0.494. The maximum absolute atomic E-state index is 13.0. The van der Waals surface area contributed by atoms with E-state index in [4.69, 9.17) is 4.74 Å². The van der Waals surface area contributed by atoms with Crippen LogP contribution in [-0.4, -0.2) is 60.7 Å². The van der Waals surface area contributed by atoms with E-state index in [9.17, 15) is 14.4 Å². The lowest BCUT2D eigenvalue weighted by molar-refractivity contribution is -0.136. The summed E-state index contributed by atoms with van der Waals surface area (Å²) in [6.45, 7) is 0.326. The van der Waals surface area contributed by atoms with Gasteiger partial charge in [0.05, 0.1) is 19.0 Å². The number of piperidine rings is 1. The molecule has 0 spiro atoms. The Morgan fingerprint density at radius 3 is 2.71 bits per heavy atom. The van der Waals surface area contributed by atoms with Crippen LogP contribution in [0.4, 0.5) is 0 Å². The number of amides is 3. The molecule has 1 unspecified atom stereocenters. The Morgan fingerprint density at radius 1 is 1.16 bits per heavy atom. The molecule has 1 saturated heterocycles. The Balaban J connectivity index is 1.39. The van der Waals surface area contributed by atoms with Gasteiger partial charge in [-0.3, -0.25) is 19.7 Å². The standard InChI is InChI=1S/C20H17N7O4/c1-31-20-21-7-12(8-22-20)15-10-27(25-24-15)13-3-2-11-9-26(19(30)14(11)6-13)16-4-5-17(28)23-18(16)29/h2-3,6-8,10,16H,4-5,9H2,1H3,(H,23,28,29). The van der Waals surface area contributed by atoms with Crippen molar-refractivity contribution in [2.24, 2.45) is 0 Å². The number of carbonyl (C=O) groups excluding carboxylic acids is 3. The smallest absolute Gasteiger partial charge is 0.316 e. The van der Waals surface area contributed by atoms with Crippen LogP contribution in [0.1, 0.15) is 28.8 Å². The molecule has 3 aromatic rings. The number of ether oxygens (including phenoxy) is 1. The average Bonchev–Trinajstić information content (AvgIpc) is 3.39. The summed E-state index contributed by atoms with van der Waals surface area (Å²) in [6.07, 6.45) is 5.44. The average molecular weight is 419 g/mol. The van der Waals surface area contributed by atoms with Gasteiger partial charge in [0.15, 0.2) is 0 Å². The molecule has 11 heteroatoms. The lowest BCUT2D eigenvalue weighted by Crippen LogP contribution is -2.52. The molecule has 1 N–H and O–H groups in total. The molecule has 2 aromatic heterocycles. The van der Waals surface area contributed by atoms with E-state index in [2.05, 4.69) is 25.6 Å². The highest BCUT2D eigenvalue weighted by Gasteiger charge is 2.39. The molecule has 5 rings (SSSR count). The van der Waals surface area contributed by atoms with Crippen molar-refractivity contribution in [1.29, 1.82) is 0 Å². The summed E-state index contributed by atoms with van der Waals surface area (Å²) in [5, 5.41) is 10.6. The van der Waals surface area contributed by atoms with Crippen LogP contribution in [0.5, 0.6) is 6.01 Å². The van der Waals surface area contributed by atoms with Gasteiger partial charge in [0.1, 0.15) is 11.7 Å². The summed E-state index contributed by atoms with van der Waals surface area (Å²) >= 11 is 0. The highest BCUT2D eigenvalue weighted by molar-refractivity contribution is 6.05. The van der Waals surface area contributed by atoms with Gasteiger partial charge >= 0.3 is 6.01 Å². The van der Waals surface area contributed by atoms with E-state index >= 15 is 0 Å². The number of nitrogens with zero attached hydrogens (tertiary/aromatic N) is 6. The van der Waals surface area contributed by atoms with Gasteiger partial charge in [0.2, 0.25) is 11.8 Å². The molecule has 4 heterocycles. The third kappa shape index (κ3) is 3.29. The topological polar surface area (TPSA) is 132 Å². The molecule has 0 aliphatic carbocycles. The van der Waals surface area contributed by atoms with Crippen molar-refractivity contribution < 1.29 is 19.1 Å². The number of rotatable bonds is 4. The largest absolute Gasteiger partial charge is 0.467 e. The molecule has 0 bridgehead atoms. The van der Waals surface area contributed by atoms with Crippen molar-refractivity contribution >= 4 is 17.7 Å². The Labute approximate surface area is 176 Å². The van der Waals surface area contributed by atoms with E-state index in [0.29, 0.717) is 35.5 Å². The minimum Gasteiger partial charge on any atom is -0.467 e. The van der Waals surface area contributed by atoms with Crippen LogP contribution in [0.15, 0.2) is 36.8 Å². The highest BCUT2D eigenvalue weighted by Crippen LogP contribution is 2.29. The molecule has 2 aliphatic rings. The summed E-state index contributed by atoms with van der Waals surface area (Å²) in [7, 11) is 1.49. The molecule has 31 heavy (non-hydrogen) atoms. The first kappa shape index (κ1) is 18.9. The van der Waals surface area contributed by atoms with E-state index in [1.807, 2.05) is 12.1 Å². The molecule has 2 aliphatic heterocycles. The van der Waals surface area contributed by atoms with E-state index in [1.54, 1.807) is 29.3 Å². The maximum atomic E-state index is 13.0. The monoisotopic (exact) mass is 419 g/mol. The minimum atomic E-state index is -0.644. The normalized spacial score (nSPS) is 18.2. The number of nitrogens with one attached hydrogen (secondary N) is 1. The molecule has 0 saturated carbocycles. The zero-order valence-electron chi connectivity index (χ0n) is 16.5. The Bertz CT molecular complexity index is 1200. The zero-order chi connectivity index (χ0) is 21.5. The van der Waals surface area contributed by atoms with Crippen LogP contribution < -0.4 is 10.1 Å². The number of imide groups is 1. The van der Waals surface area contributed by atoms with Gasteiger partial charge < -0.3 is 9.64 Å². The minimum absolute atomic E-state index is 0.221. The number of carbonyl (C=O) groups is 3. The van der Waals surface area contributed by atoms with Crippen molar-refractivity contribution in [3.63, 3.8) is 0 Å². The van der Waals surface area contributed by atoms with Crippen LogP contribution in [0, 0.1) is 0 Å². The first-order valence-corrected chi connectivity index (χ1v) is 9.60. The van der Waals surface area contributed by atoms with Gasteiger partial charge in [-0.15, -0.1) is 5.10 Å². The highest BCUT2D eigenvalue weighted by atomic mass is 16.5. The van der Waals surface area contributed by atoms with Crippen molar-refractivity contribution in [1.82, 2.24) is 35.2 Å². The molecule has 1 aromatic carbocycles. The second-order valence-corrected chi connectivity index (χ2v) is 7.25. The second kappa shape index (κ2) is 7.27. The third-order valence-electron chi connectivity index (χ3n) is 5.38. The lowest BCUT2D eigenvalue weighted by atomic mass is 10.0. The number of hydrogen-bond acceptors (Lipinski definition) is 8. The van der Waals surface area contributed by atoms with Gasteiger partial charge in [0.25, 0.3) is 5.91 Å². The van der Waals surface area contributed by atoms with Gasteiger partial charge in [0, 0.05) is 36.5 Å². The van der Waals surface area contributed by atoms with Gasteiger partial charge in [-0.1, -0.05) is 11.3 Å². The number of benzene rings is 1. The Morgan fingerprint density at radius 2 is 1.97 bits per heavy atom. The fourth-order valence-corrected chi connectivity index (χ4v) is 3.76. The van der Waals surface area contributed by atoms with Gasteiger partial charge in [-0.05, 0) is 24.1 Å². The van der Waals surface area contributed by atoms with E-state index in [-0.39, 0.29) is 24.2 Å². The molecular formula is C20H17N7O4. The van der Waals surface area contributed by atoms with E-state index in [1.165, 1.54) is 12.0 Å². The second-order valence-electron chi connectivity index (χ2n) is 7.25. The van der Waals surface area contributed by atoms with Crippen molar-refractivity contribution in [2.75, 3.05) is 7.11 Å². The zero-order valence-corrected chi connectivity index (χ0v) is 16.5. The summed E-state index contributed by atoms with van der Waals surface area (Å²) < 4.78 is 6.51. The summed E-state index contributed by atoms with van der Waals surface area (Å²) in [6, 6.07) is 5.02. The number of methoxy groups -OCH3 is 1. The number of fused-ring (bicyclic) bond motifs is 1. The van der Waals surface area contributed by atoms with Crippen LogP contribution >= 0.6 is 0 Å². The molecule has 1 atom stereocenters. The SMILES string of the molecule is COc1ncc(-c2cn(-c3ccc4c(c3)C(=O)N(C3CCC(=O)NC3=O)C4)nn2)cn1. The maximum Gasteiger partial charge on any atom is 0.316 e. The van der Waals surface area contributed by atoms with Crippen LogP contribution in [0.2, 0.25) is 0 Å². The summed E-state index contributed by atoms with van der Waals surface area (Å²) in [5.74, 6) is -0.979. The van der Waals surface area contributed by atoms with Crippen molar-refractivity contribution in [3.8, 4) is 23.0 Å². The fraction of sp³-hybridized carbons (Fsp3) is 0.250. The quantitative estimate of drug-likeness (QED) is 0.605. The van der Waals surface area contributed by atoms with Gasteiger partial charge in [-0.25, -0.2) is 14.6 Å². The van der Waals surface area contributed by atoms with E-state index in [0.717, 1.165) is 5.56 Å². The number of aromatic nitrogens is 5. The first-order chi connectivity index (χ1) is 15.0. The van der Waals surface area contributed by atoms with Gasteiger partial charge in [-0.2, -0.15) is 0 Å². The molecule has 11 nitrogen and oxygen atoms in total. The van der Waals surface area contributed by atoms with Crippen molar-refractivity contribution in [2.45, 2.75) is 25.4 Å². The Hall–Kier alpha value is -4.15. The number of hydrogen-bond donors (Lipinski definition) is 1. The van der Waals surface area contributed by atoms with Crippen molar-refractivity contribution in [3.05, 3.63) is 47.9 Å². The Kier molecular flexibility index (Phi) is 4.42. The molecule has 156 valence electrons. The summed E-state index contributed by atoms with van der Waals surface area (Å²) in [5.41, 5.74) is 3.23. The molecular weight excluding hydrogens is 402 g/mol. The molecule has 0 radical (unpaired) electrons. The van der Waals surface area contributed by atoms with Crippen LogP contribution in [0.3, 0.4) is 0 Å².